The highest BCUT2D eigenvalue weighted by Crippen LogP contribution is 2.33. The molecule has 1 saturated heterocycles. The van der Waals surface area contributed by atoms with Gasteiger partial charge in [-0.15, -0.1) is 0 Å². The average molecular weight is 429 g/mol. The molecule has 0 radical (unpaired) electrons. The highest BCUT2D eigenvalue weighted by atomic mass is 16.3. The Morgan fingerprint density at radius 1 is 1.22 bits per heavy atom. The Bertz CT molecular complexity index is 1140. The van der Waals surface area contributed by atoms with Crippen LogP contribution in [0, 0.1) is 18.3 Å². The van der Waals surface area contributed by atoms with E-state index in [-0.39, 0.29) is 17.9 Å². The van der Waals surface area contributed by atoms with Crippen molar-refractivity contribution >= 4 is 11.7 Å². The fourth-order valence-electron chi connectivity index (χ4n) is 4.25. The normalized spacial score (nSPS) is 16.3. The first-order valence-corrected chi connectivity index (χ1v) is 11.0. The number of furan rings is 1. The summed E-state index contributed by atoms with van der Waals surface area (Å²) in [7, 11) is 0. The molecule has 4 rings (SSSR count). The van der Waals surface area contributed by atoms with Gasteiger partial charge in [-0.2, -0.15) is 5.26 Å². The number of hydrogen-bond donors (Lipinski definition) is 0. The first-order chi connectivity index (χ1) is 15.4. The molecule has 0 saturated carbocycles. The molecule has 3 aromatic rings. The van der Waals surface area contributed by atoms with Crippen molar-refractivity contribution in [2.24, 2.45) is 0 Å². The largest absolute Gasteiger partial charge is 0.472 e. The summed E-state index contributed by atoms with van der Waals surface area (Å²) in [5.74, 6) is 0.880. The summed E-state index contributed by atoms with van der Waals surface area (Å²) in [6.45, 7) is 10.1. The summed E-state index contributed by atoms with van der Waals surface area (Å²) in [5.41, 5.74) is 5.37. The molecule has 1 amide bonds. The van der Waals surface area contributed by atoms with Crippen LogP contribution in [0.1, 0.15) is 53.9 Å². The fourth-order valence-corrected chi connectivity index (χ4v) is 4.25. The van der Waals surface area contributed by atoms with E-state index in [0.29, 0.717) is 36.6 Å². The first-order valence-electron chi connectivity index (χ1n) is 11.0. The molecule has 0 spiro atoms. The van der Waals surface area contributed by atoms with E-state index in [0.717, 1.165) is 16.8 Å². The number of benzene rings is 1. The number of amides is 1. The van der Waals surface area contributed by atoms with Gasteiger partial charge in [0.1, 0.15) is 18.2 Å². The summed E-state index contributed by atoms with van der Waals surface area (Å²) in [4.78, 5) is 21.8. The summed E-state index contributed by atoms with van der Waals surface area (Å²) in [5, 5.41) is 9.93. The number of nitriles is 1. The number of aryl methyl sites for hydroxylation is 1. The fraction of sp³-hybridized carbons (Fsp3) is 0.346. The molecule has 0 aliphatic carbocycles. The van der Waals surface area contributed by atoms with Crippen molar-refractivity contribution in [3.63, 3.8) is 0 Å². The van der Waals surface area contributed by atoms with Gasteiger partial charge in [0.25, 0.3) is 5.91 Å². The second-order valence-electron chi connectivity index (χ2n) is 8.73. The lowest BCUT2D eigenvalue weighted by Gasteiger charge is -2.40. The topological polar surface area (TPSA) is 73.4 Å². The smallest absolute Gasteiger partial charge is 0.257 e. The molecule has 1 aliphatic heterocycles. The molecular weight excluding hydrogens is 400 g/mol. The molecule has 0 N–H and O–H groups in total. The van der Waals surface area contributed by atoms with Crippen molar-refractivity contribution in [2.75, 3.05) is 24.5 Å². The lowest BCUT2D eigenvalue weighted by molar-refractivity contribution is 0.0673. The van der Waals surface area contributed by atoms with Crippen molar-refractivity contribution in [3.8, 4) is 17.2 Å². The highest BCUT2D eigenvalue weighted by molar-refractivity contribution is 5.94. The molecule has 3 heterocycles. The molecule has 32 heavy (non-hydrogen) atoms. The SMILES string of the molecule is Cc1ccc(-c2cc(C#N)c(N3CCN(C(=O)c4ccoc4)[C@H](C)C3)nc2C(C)C)cc1. The molecule has 1 aliphatic rings. The van der Waals surface area contributed by atoms with Gasteiger partial charge in [-0.1, -0.05) is 43.7 Å². The lowest BCUT2D eigenvalue weighted by Crippen LogP contribution is -2.54. The molecular formula is C26H28N4O2. The van der Waals surface area contributed by atoms with E-state index in [1.807, 2.05) is 17.9 Å². The zero-order chi connectivity index (χ0) is 22.8. The predicted molar refractivity (Wildman–Crippen MR) is 125 cm³/mol. The third-order valence-corrected chi connectivity index (χ3v) is 6.02. The Kier molecular flexibility index (Phi) is 6.00. The Balaban J connectivity index is 1.65. The van der Waals surface area contributed by atoms with Crippen LogP contribution in [0.3, 0.4) is 0 Å². The van der Waals surface area contributed by atoms with Gasteiger partial charge >= 0.3 is 0 Å². The molecule has 1 fully saturated rings. The predicted octanol–water partition coefficient (Wildman–Crippen LogP) is 5.00. The molecule has 6 nitrogen and oxygen atoms in total. The minimum absolute atomic E-state index is 0.0150. The van der Waals surface area contributed by atoms with Gasteiger partial charge in [0.15, 0.2) is 0 Å². The number of hydrogen-bond acceptors (Lipinski definition) is 5. The van der Waals surface area contributed by atoms with Crippen LogP contribution >= 0.6 is 0 Å². The Labute approximate surface area is 189 Å². The molecule has 1 atom stereocenters. The number of anilines is 1. The van der Waals surface area contributed by atoms with Gasteiger partial charge in [-0.3, -0.25) is 4.79 Å². The van der Waals surface area contributed by atoms with Crippen LogP contribution in [-0.2, 0) is 0 Å². The van der Waals surface area contributed by atoms with E-state index in [1.165, 1.54) is 18.1 Å². The van der Waals surface area contributed by atoms with Gasteiger partial charge < -0.3 is 14.2 Å². The van der Waals surface area contributed by atoms with E-state index < -0.39 is 0 Å². The van der Waals surface area contributed by atoms with Crippen LogP contribution < -0.4 is 4.90 Å². The van der Waals surface area contributed by atoms with E-state index in [2.05, 4.69) is 56.0 Å². The molecule has 164 valence electrons. The second-order valence-corrected chi connectivity index (χ2v) is 8.73. The monoisotopic (exact) mass is 428 g/mol. The number of piperazine rings is 1. The Morgan fingerprint density at radius 2 is 1.97 bits per heavy atom. The van der Waals surface area contributed by atoms with Crippen LogP contribution in [0.15, 0.2) is 53.3 Å². The van der Waals surface area contributed by atoms with Crippen molar-refractivity contribution < 1.29 is 9.21 Å². The number of pyridine rings is 1. The molecule has 0 bridgehead atoms. The van der Waals surface area contributed by atoms with Crippen molar-refractivity contribution in [1.82, 2.24) is 9.88 Å². The zero-order valence-electron chi connectivity index (χ0n) is 19.0. The summed E-state index contributed by atoms with van der Waals surface area (Å²) in [6.07, 6.45) is 3.00. The lowest BCUT2D eigenvalue weighted by atomic mass is 9.95. The van der Waals surface area contributed by atoms with Crippen LogP contribution in [-0.4, -0.2) is 41.5 Å². The van der Waals surface area contributed by atoms with Crippen LogP contribution in [0.5, 0.6) is 0 Å². The maximum Gasteiger partial charge on any atom is 0.257 e. The van der Waals surface area contributed by atoms with Crippen LogP contribution in [0.25, 0.3) is 11.1 Å². The van der Waals surface area contributed by atoms with Gasteiger partial charge in [-0.05, 0) is 37.5 Å². The minimum Gasteiger partial charge on any atom is -0.472 e. The maximum atomic E-state index is 12.8. The number of rotatable bonds is 4. The summed E-state index contributed by atoms with van der Waals surface area (Å²) in [6, 6.07) is 14.3. The van der Waals surface area contributed by atoms with Gasteiger partial charge in [-0.25, -0.2) is 4.98 Å². The number of carbonyl (C=O) groups excluding carboxylic acids is 1. The van der Waals surface area contributed by atoms with Crippen molar-refractivity contribution in [3.05, 3.63) is 71.3 Å². The first kappa shape index (κ1) is 21.6. The Hall–Kier alpha value is -3.59. The average Bonchev–Trinajstić information content (AvgIpc) is 3.33. The second kappa shape index (κ2) is 8.88. The summed E-state index contributed by atoms with van der Waals surface area (Å²) < 4.78 is 5.07. The highest BCUT2D eigenvalue weighted by Gasteiger charge is 2.31. The third-order valence-electron chi connectivity index (χ3n) is 6.02. The maximum absolute atomic E-state index is 12.8. The van der Waals surface area contributed by atoms with E-state index in [4.69, 9.17) is 9.40 Å². The van der Waals surface area contributed by atoms with Crippen LogP contribution in [0.2, 0.25) is 0 Å². The standard InChI is InChI=1S/C26H28N4O2/c1-17(2)24-23(20-7-5-18(3)6-8-20)13-22(14-27)25(28-24)29-10-11-30(19(4)15-29)26(31)21-9-12-32-16-21/h5-9,12-13,16-17,19H,10-11,15H2,1-4H3/t19-/m1/s1. The molecule has 1 aromatic carbocycles. The van der Waals surface area contributed by atoms with Crippen molar-refractivity contribution in [2.45, 2.75) is 39.7 Å². The third kappa shape index (κ3) is 4.11. The molecule has 0 unspecified atom stereocenters. The number of nitrogens with zero attached hydrogens (tertiary/aromatic N) is 4. The minimum atomic E-state index is -0.0306. The van der Waals surface area contributed by atoms with Crippen LogP contribution in [0.4, 0.5) is 5.82 Å². The zero-order valence-corrected chi connectivity index (χ0v) is 19.0. The number of carbonyl (C=O) groups is 1. The van der Waals surface area contributed by atoms with Gasteiger partial charge in [0, 0.05) is 31.2 Å². The Morgan fingerprint density at radius 3 is 2.56 bits per heavy atom. The molecule has 2 aromatic heterocycles. The van der Waals surface area contributed by atoms with Crippen molar-refractivity contribution in [1.29, 1.82) is 5.26 Å². The quantitative estimate of drug-likeness (QED) is 0.585. The van der Waals surface area contributed by atoms with E-state index >= 15 is 0 Å². The summed E-state index contributed by atoms with van der Waals surface area (Å²) >= 11 is 0. The van der Waals surface area contributed by atoms with Gasteiger partial charge in [0.05, 0.1) is 23.1 Å². The number of aromatic nitrogens is 1. The van der Waals surface area contributed by atoms with Gasteiger partial charge in [0.2, 0.25) is 0 Å². The van der Waals surface area contributed by atoms with E-state index in [1.54, 1.807) is 6.07 Å². The van der Waals surface area contributed by atoms with E-state index in [9.17, 15) is 10.1 Å². The molecule has 6 heteroatoms.